The van der Waals surface area contributed by atoms with Crippen LogP contribution < -0.4 is 10.3 Å². The number of aromatic nitrogens is 3. The number of halogens is 2. The van der Waals surface area contributed by atoms with Gasteiger partial charge in [0.25, 0.3) is 0 Å². The van der Waals surface area contributed by atoms with Gasteiger partial charge in [-0.3, -0.25) is 4.79 Å². The van der Waals surface area contributed by atoms with Crippen LogP contribution in [0.5, 0.6) is 5.75 Å². The number of fused-ring (bicyclic) bond motifs is 1. The summed E-state index contributed by atoms with van der Waals surface area (Å²) in [6.45, 7) is -1.93. The summed E-state index contributed by atoms with van der Waals surface area (Å²) in [5.74, 6) is 0.905. The molecule has 1 aliphatic rings. The fourth-order valence-electron chi connectivity index (χ4n) is 4.12. The van der Waals surface area contributed by atoms with Gasteiger partial charge < -0.3 is 19.0 Å². The Bertz CT molecular complexity index is 1290. The minimum Gasteiger partial charge on any atom is -0.434 e. The van der Waals surface area contributed by atoms with Gasteiger partial charge in [-0.1, -0.05) is 24.3 Å². The fraction of sp³-hybridized carbons (Fsp3) is 0.250. The molecule has 0 bridgehead atoms. The van der Waals surface area contributed by atoms with E-state index >= 15 is 0 Å². The van der Waals surface area contributed by atoms with Crippen molar-refractivity contribution in [1.29, 1.82) is 0 Å². The highest BCUT2D eigenvalue weighted by molar-refractivity contribution is 5.82. The average Bonchev–Trinajstić information content (AvgIpc) is 3.43. The lowest BCUT2D eigenvalue weighted by atomic mass is 10.1. The van der Waals surface area contributed by atoms with Crippen molar-refractivity contribution in [2.75, 3.05) is 6.61 Å². The molecule has 3 heterocycles. The van der Waals surface area contributed by atoms with Crippen molar-refractivity contribution >= 4 is 11.0 Å². The van der Waals surface area contributed by atoms with Crippen LogP contribution in [-0.2, 0) is 11.3 Å². The maximum Gasteiger partial charge on any atom is 0.387 e. The Balaban J connectivity index is 1.63. The molecule has 4 aromatic rings. The number of para-hydroxylation sites is 1. The molecule has 1 unspecified atom stereocenters. The molecular formula is C24H21F2N3O3. The van der Waals surface area contributed by atoms with Crippen molar-refractivity contribution in [3.05, 3.63) is 82.5 Å². The lowest BCUT2D eigenvalue weighted by Gasteiger charge is -2.16. The molecule has 1 atom stereocenters. The van der Waals surface area contributed by atoms with Crippen LogP contribution in [0.15, 0.2) is 65.6 Å². The summed E-state index contributed by atoms with van der Waals surface area (Å²) in [5.41, 5.74) is 3.87. The van der Waals surface area contributed by atoms with Crippen LogP contribution in [0.2, 0.25) is 0 Å². The number of pyridine rings is 1. The molecule has 164 valence electrons. The number of rotatable bonds is 6. The SMILES string of the molecule is O=c1ccc(-c2ccc3nc(C4CCCO4)n(Cc4ccccc4OC(F)F)c3c2)c[nH]1. The third-order valence-electron chi connectivity index (χ3n) is 5.63. The lowest BCUT2D eigenvalue weighted by Crippen LogP contribution is -2.11. The highest BCUT2D eigenvalue weighted by atomic mass is 19.3. The van der Waals surface area contributed by atoms with Crippen LogP contribution >= 0.6 is 0 Å². The first kappa shape index (κ1) is 20.4. The lowest BCUT2D eigenvalue weighted by molar-refractivity contribution is -0.0505. The van der Waals surface area contributed by atoms with Crippen LogP contribution in [0.25, 0.3) is 22.2 Å². The Kier molecular flexibility index (Phi) is 5.45. The summed E-state index contributed by atoms with van der Waals surface area (Å²) in [7, 11) is 0. The average molecular weight is 437 g/mol. The first-order valence-corrected chi connectivity index (χ1v) is 10.4. The quantitative estimate of drug-likeness (QED) is 0.466. The third-order valence-corrected chi connectivity index (χ3v) is 5.63. The molecule has 2 aromatic carbocycles. The zero-order valence-electron chi connectivity index (χ0n) is 17.1. The van der Waals surface area contributed by atoms with Crippen molar-refractivity contribution < 1.29 is 18.3 Å². The molecule has 6 nitrogen and oxygen atoms in total. The number of hydrogen-bond acceptors (Lipinski definition) is 4. The van der Waals surface area contributed by atoms with E-state index in [1.807, 2.05) is 22.8 Å². The highest BCUT2D eigenvalue weighted by Gasteiger charge is 2.25. The van der Waals surface area contributed by atoms with Gasteiger partial charge in [0.2, 0.25) is 5.56 Å². The van der Waals surface area contributed by atoms with Gasteiger partial charge in [0.1, 0.15) is 17.7 Å². The molecule has 2 aromatic heterocycles. The highest BCUT2D eigenvalue weighted by Crippen LogP contribution is 2.34. The molecule has 0 saturated carbocycles. The number of nitrogens with one attached hydrogen (secondary N) is 1. The van der Waals surface area contributed by atoms with Gasteiger partial charge in [-0.05, 0) is 48.2 Å². The largest absolute Gasteiger partial charge is 0.434 e. The number of alkyl halides is 2. The number of hydrogen-bond donors (Lipinski definition) is 1. The molecule has 5 rings (SSSR count). The Morgan fingerprint density at radius 2 is 2.00 bits per heavy atom. The van der Waals surface area contributed by atoms with Crippen molar-refractivity contribution in [3.63, 3.8) is 0 Å². The van der Waals surface area contributed by atoms with E-state index in [0.717, 1.165) is 40.8 Å². The van der Waals surface area contributed by atoms with E-state index in [-0.39, 0.29) is 17.4 Å². The Morgan fingerprint density at radius 3 is 2.75 bits per heavy atom. The van der Waals surface area contributed by atoms with Crippen molar-refractivity contribution in [2.24, 2.45) is 0 Å². The van der Waals surface area contributed by atoms with Gasteiger partial charge in [0.15, 0.2) is 0 Å². The van der Waals surface area contributed by atoms with Gasteiger partial charge in [-0.25, -0.2) is 4.98 Å². The molecule has 0 amide bonds. The first-order chi connectivity index (χ1) is 15.6. The minimum absolute atomic E-state index is 0.138. The van der Waals surface area contributed by atoms with Crippen LogP contribution in [0, 0.1) is 0 Å². The van der Waals surface area contributed by atoms with E-state index in [9.17, 15) is 13.6 Å². The number of ether oxygens (including phenoxy) is 2. The third kappa shape index (κ3) is 4.01. The normalized spacial score (nSPS) is 16.2. The zero-order valence-corrected chi connectivity index (χ0v) is 17.1. The van der Waals surface area contributed by atoms with Crippen LogP contribution in [0.1, 0.15) is 30.3 Å². The summed E-state index contributed by atoms with van der Waals surface area (Å²) >= 11 is 0. The summed E-state index contributed by atoms with van der Waals surface area (Å²) in [6.07, 6.45) is 3.31. The monoisotopic (exact) mass is 437 g/mol. The van der Waals surface area contributed by atoms with Crippen LogP contribution in [-0.4, -0.2) is 27.8 Å². The smallest absolute Gasteiger partial charge is 0.387 e. The van der Waals surface area contributed by atoms with E-state index < -0.39 is 6.61 Å². The summed E-state index contributed by atoms with van der Waals surface area (Å²) in [6, 6.07) is 15.9. The molecular weight excluding hydrogens is 416 g/mol. The summed E-state index contributed by atoms with van der Waals surface area (Å²) in [4.78, 5) is 18.9. The Hall–Kier alpha value is -3.52. The zero-order chi connectivity index (χ0) is 22.1. The van der Waals surface area contributed by atoms with Crippen molar-refractivity contribution in [1.82, 2.24) is 14.5 Å². The Morgan fingerprint density at radius 1 is 1.16 bits per heavy atom. The maximum absolute atomic E-state index is 12.9. The second-order valence-electron chi connectivity index (χ2n) is 7.69. The topological polar surface area (TPSA) is 69.1 Å². The summed E-state index contributed by atoms with van der Waals surface area (Å²) in [5, 5.41) is 0. The van der Waals surface area contributed by atoms with Crippen LogP contribution in [0.4, 0.5) is 8.78 Å². The second kappa shape index (κ2) is 8.55. The number of nitrogens with zero attached hydrogens (tertiary/aromatic N) is 2. The first-order valence-electron chi connectivity index (χ1n) is 10.4. The predicted octanol–water partition coefficient (Wildman–Crippen LogP) is 4.89. The Labute approximate surface area is 182 Å². The van der Waals surface area contributed by atoms with Gasteiger partial charge in [0, 0.05) is 24.4 Å². The standard InChI is InChI=1S/C24H21F2N3O3/c25-24(26)32-20-5-2-1-4-17(20)14-29-19-12-15(16-8-10-22(30)27-13-16)7-9-18(19)28-23(29)21-6-3-11-31-21/h1-2,4-5,7-10,12-13,21,24H,3,6,11,14H2,(H,27,30). The van der Waals surface area contributed by atoms with E-state index in [0.29, 0.717) is 18.7 Å². The fourth-order valence-corrected chi connectivity index (χ4v) is 4.12. The van der Waals surface area contributed by atoms with Gasteiger partial charge in [-0.2, -0.15) is 8.78 Å². The summed E-state index contributed by atoms with van der Waals surface area (Å²) < 4.78 is 38.5. The van der Waals surface area contributed by atoms with Gasteiger partial charge >= 0.3 is 6.61 Å². The number of H-pyrrole nitrogens is 1. The van der Waals surface area contributed by atoms with Gasteiger partial charge in [-0.15, -0.1) is 0 Å². The number of benzene rings is 2. The molecule has 1 saturated heterocycles. The molecule has 1 N–H and O–H groups in total. The van der Waals surface area contributed by atoms with E-state index in [1.165, 1.54) is 12.1 Å². The van der Waals surface area contributed by atoms with Gasteiger partial charge in [0.05, 0.1) is 17.6 Å². The predicted molar refractivity (Wildman–Crippen MR) is 116 cm³/mol. The molecule has 1 aliphatic heterocycles. The molecule has 1 fully saturated rings. The number of aromatic amines is 1. The molecule has 0 aliphatic carbocycles. The van der Waals surface area contributed by atoms with E-state index in [4.69, 9.17) is 14.5 Å². The minimum atomic E-state index is -2.90. The molecule has 32 heavy (non-hydrogen) atoms. The molecule has 0 spiro atoms. The number of imidazole rings is 1. The molecule has 8 heteroatoms. The second-order valence-corrected chi connectivity index (χ2v) is 7.69. The van der Waals surface area contributed by atoms with Crippen molar-refractivity contribution in [2.45, 2.75) is 32.1 Å². The van der Waals surface area contributed by atoms with E-state index in [1.54, 1.807) is 30.5 Å². The van der Waals surface area contributed by atoms with Crippen molar-refractivity contribution in [3.8, 4) is 16.9 Å². The van der Waals surface area contributed by atoms with E-state index in [2.05, 4.69) is 4.98 Å². The van der Waals surface area contributed by atoms with Crippen LogP contribution in [0.3, 0.4) is 0 Å². The maximum atomic E-state index is 12.9. The molecule has 0 radical (unpaired) electrons.